The summed E-state index contributed by atoms with van der Waals surface area (Å²) in [6, 6.07) is 6.56. The number of alkyl halides is 3. The average molecular weight is 326 g/mol. The van der Waals surface area contributed by atoms with E-state index in [2.05, 4.69) is 10.2 Å². The van der Waals surface area contributed by atoms with Crippen molar-refractivity contribution in [1.82, 2.24) is 0 Å². The van der Waals surface area contributed by atoms with Crippen molar-refractivity contribution in [3.8, 4) is 0 Å². The van der Waals surface area contributed by atoms with Gasteiger partial charge in [-0.2, -0.15) is 23.4 Å². The molecule has 0 aliphatic heterocycles. The molecular formula is C16H11F5N2. The van der Waals surface area contributed by atoms with E-state index >= 15 is 0 Å². The molecule has 0 fully saturated rings. The highest BCUT2D eigenvalue weighted by molar-refractivity contribution is 5.83. The Labute approximate surface area is 129 Å². The predicted molar refractivity (Wildman–Crippen MR) is 77.7 cm³/mol. The van der Waals surface area contributed by atoms with Gasteiger partial charge in [-0.1, -0.05) is 12.1 Å². The van der Waals surface area contributed by atoms with Crippen molar-refractivity contribution in [1.29, 1.82) is 0 Å². The maximum Gasteiger partial charge on any atom is 0.416 e. The topological polar surface area (TPSA) is 24.7 Å². The highest BCUT2D eigenvalue weighted by atomic mass is 19.4. The van der Waals surface area contributed by atoms with Crippen LogP contribution >= 0.6 is 0 Å². The first-order valence-corrected chi connectivity index (χ1v) is 6.46. The molecule has 23 heavy (non-hydrogen) atoms. The Morgan fingerprint density at radius 1 is 0.870 bits per heavy atom. The maximum absolute atomic E-state index is 13.5. The number of rotatable bonds is 3. The molecule has 0 aliphatic carbocycles. The quantitative estimate of drug-likeness (QED) is 0.442. The number of benzene rings is 2. The molecule has 0 atom stereocenters. The first kappa shape index (κ1) is 16.8. The predicted octanol–water partition coefficient (Wildman–Crippen LogP) is 4.75. The van der Waals surface area contributed by atoms with Gasteiger partial charge in [-0.3, -0.25) is 0 Å². The number of hydrogen-bond acceptors (Lipinski definition) is 2. The van der Waals surface area contributed by atoms with Crippen LogP contribution in [0.3, 0.4) is 0 Å². The van der Waals surface area contributed by atoms with Crippen LogP contribution in [0.15, 0.2) is 46.6 Å². The van der Waals surface area contributed by atoms with E-state index in [4.69, 9.17) is 0 Å². The zero-order chi connectivity index (χ0) is 17.0. The molecule has 2 aromatic carbocycles. The van der Waals surface area contributed by atoms with Gasteiger partial charge in [-0.25, -0.2) is 8.78 Å². The second-order valence-electron chi connectivity index (χ2n) is 4.75. The van der Waals surface area contributed by atoms with Crippen molar-refractivity contribution < 1.29 is 22.0 Å². The number of halogens is 5. The average Bonchev–Trinajstić information content (AvgIpc) is 2.45. The third kappa shape index (κ3) is 4.45. The van der Waals surface area contributed by atoms with Crippen LogP contribution in [0.5, 0.6) is 0 Å². The lowest BCUT2D eigenvalue weighted by Crippen LogP contribution is -2.04. The molecular weight excluding hydrogens is 315 g/mol. The Balaban J connectivity index is 2.10. The van der Waals surface area contributed by atoms with Crippen molar-refractivity contribution in [2.45, 2.75) is 13.1 Å². The second-order valence-corrected chi connectivity index (χ2v) is 4.75. The zero-order valence-corrected chi connectivity index (χ0v) is 11.9. The summed E-state index contributed by atoms with van der Waals surface area (Å²) in [5, 5.41) is 7.06. The fraction of sp³-hybridized carbons (Fsp3) is 0.125. The third-order valence-corrected chi connectivity index (χ3v) is 2.92. The molecule has 2 aromatic rings. The van der Waals surface area contributed by atoms with Gasteiger partial charge in [-0.15, -0.1) is 0 Å². The van der Waals surface area contributed by atoms with Crippen LogP contribution in [0.25, 0.3) is 0 Å². The van der Waals surface area contributed by atoms with Gasteiger partial charge in [-0.05, 0) is 42.3 Å². The van der Waals surface area contributed by atoms with Crippen LogP contribution in [0.4, 0.5) is 22.0 Å². The van der Waals surface area contributed by atoms with E-state index in [1.807, 2.05) is 0 Å². The van der Waals surface area contributed by atoms with Crippen LogP contribution < -0.4 is 0 Å². The summed E-state index contributed by atoms with van der Waals surface area (Å²) in [6.07, 6.45) is -2.32. The van der Waals surface area contributed by atoms with E-state index in [1.165, 1.54) is 18.3 Å². The molecule has 0 aromatic heterocycles. The van der Waals surface area contributed by atoms with Gasteiger partial charge in [0.1, 0.15) is 11.6 Å². The van der Waals surface area contributed by atoms with E-state index in [0.29, 0.717) is 11.1 Å². The molecule has 0 saturated carbocycles. The number of aryl methyl sites for hydroxylation is 1. The molecule has 0 N–H and O–H groups in total. The summed E-state index contributed by atoms with van der Waals surface area (Å²) in [6.45, 7) is 1.55. The summed E-state index contributed by atoms with van der Waals surface area (Å²) < 4.78 is 64.2. The molecule has 0 unspecified atom stereocenters. The molecule has 0 spiro atoms. The summed E-state index contributed by atoms with van der Waals surface area (Å²) in [4.78, 5) is 0. The first-order chi connectivity index (χ1) is 10.8. The minimum atomic E-state index is -4.41. The van der Waals surface area contributed by atoms with Crippen molar-refractivity contribution in [2.75, 3.05) is 0 Å². The van der Waals surface area contributed by atoms with Crippen molar-refractivity contribution >= 4 is 12.4 Å². The van der Waals surface area contributed by atoms with Crippen molar-refractivity contribution in [2.24, 2.45) is 10.2 Å². The van der Waals surface area contributed by atoms with Crippen LogP contribution in [-0.4, -0.2) is 12.4 Å². The fourth-order valence-electron chi connectivity index (χ4n) is 1.78. The monoisotopic (exact) mass is 326 g/mol. The molecule has 7 heteroatoms. The summed E-state index contributed by atoms with van der Waals surface area (Å²) >= 11 is 0. The summed E-state index contributed by atoms with van der Waals surface area (Å²) in [7, 11) is 0. The van der Waals surface area contributed by atoms with E-state index in [1.54, 1.807) is 6.92 Å². The molecule has 0 bridgehead atoms. The number of nitrogens with zero attached hydrogens (tertiary/aromatic N) is 2. The normalized spacial score (nSPS) is 12.4. The molecule has 2 nitrogen and oxygen atoms in total. The van der Waals surface area contributed by atoms with Crippen molar-refractivity contribution in [3.63, 3.8) is 0 Å². The molecule has 0 saturated heterocycles. The van der Waals surface area contributed by atoms with Gasteiger partial charge in [0, 0.05) is 0 Å². The molecule has 0 amide bonds. The van der Waals surface area contributed by atoms with Gasteiger partial charge >= 0.3 is 6.18 Å². The van der Waals surface area contributed by atoms with Crippen LogP contribution in [0, 0.1) is 18.6 Å². The third-order valence-electron chi connectivity index (χ3n) is 2.92. The molecule has 120 valence electrons. The standard InChI is InChI=1S/C16H11F5N2/c1-10-6-14(17)13(15(18)7-10)9-23-22-8-11-2-4-12(5-3-11)16(19,20)21/h2-9H,1H3/b22-8+,23-9+. The van der Waals surface area contributed by atoms with Crippen LogP contribution in [0.2, 0.25) is 0 Å². The minimum Gasteiger partial charge on any atom is -0.206 e. The Bertz CT molecular complexity index is 723. The highest BCUT2D eigenvalue weighted by Crippen LogP contribution is 2.28. The smallest absolute Gasteiger partial charge is 0.206 e. The molecule has 0 radical (unpaired) electrons. The van der Waals surface area contributed by atoms with E-state index in [9.17, 15) is 22.0 Å². The zero-order valence-electron chi connectivity index (χ0n) is 11.9. The van der Waals surface area contributed by atoms with Gasteiger partial charge in [0.05, 0.1) is 23.6 Å². The minimum absolute atomic E-state index is 0.333. The lowest BCUT2D eigenvalue weighted by atomic mass is 10.1. The summed E-state index contributed by atoms with van der Waals surface area (Å²) in [5.74, 6) is -1.54. The highest BCUT2D eigenvalue weighted by Gasteiger charge is 2.29. The second kappa shape index (κ2) is 6.68. The van der Waals surface area contributed by atoms with Gasteiger partial charge in [0.15, 0.2) is 0 Å². The number of hydrogen-bond donors (Lipinski definition) is 0. The largest absolute Gasteiger partial charge is 0.416 e. The maximum atomic E-state index is 13.5. The molecule has 2 rings (SSSR count). The molecule has 0 aliphatic rings. The van der Waals surface area contributed by atoms with Gasteiger partial charge in [0.25, 0.3) is 0 Å². The first-order valence-electron chi connectivity index (χ1n) is 6.46. The van der Waals surface area contributed by atoms with Crippen LogP contribution in [0.1, 0.15) is 22.3 Å². The summed E-state index contributed by atoms with van der Waals surface area (Å²) in [5.41, 5.74) is -0.299. The van der Waals surface area contributed by atoms with E-state index in [-0.39, 0.29) is 5.56 Å². The SMILES string of the molecule is Cc1cc(F)c(/C=N/N=C/c2ccc(C(F)(F)F)cc2)c(F)c1. The van der Waals surface area contributed by atoms with Crippen LogP contribution in [-0.2, 0) is 6.18 Å². The van der Waals surface area contributed by atoms with Crippen molar-refractivity contribution in [3.05, 3.63) is 70.3 Å². The Morgan fingerprint density at radius 2 is 1.39 bits per heavy atom. The Kier molecular flexibility index (Phi) is 4.88. The van der Waals surface area contributed by atoms with Gasteiger partial charge < -0.3 is 0 Å². The van der Waals surface area contributed by atoms with Gasteiger partial charge in [0.2, 0.25) is 0 Å². The van der Waals surface area contributed by atoms with E-state index < -0.39 is 23.4 Å². The lowest BCUT2D eigenvalue weighted by Gasteiger charge is -2.05. The Morgan fingerprint density at radius 3 is 1.91 bits per heavy atom. The Hall–Kier alpha value is -2.57. The lowest BCUT2D eigenvalue weighted by molar-refractivity contribution is -0.137. The molecule has 0 heterocycles. The fourth-order valence-corrected chi connectivity index (χ4v) is 1.78. The van der Waals surface area contributed by atoms with E-state index in [0.717, 1.165) is 30.5 Å².